The van der Waals surface area contributed by atoms with E-state index in [2.05, 4.69) is 23.7 Å². The Morgan fingerprint density at radius 1 is 1.54 bits per heavy atom. The van der Waals surface area contributed by atoms with Gasteiger partial charge in [-0.25, -0.2) is 4.98 Å². The Labute approximate surface area is 79.2 Å². The molecule has 0 fully saturated rings. The lowest BCUT2D eigenvalue weighted by Gasteiger charge is -1.91. The number of anilines is 1. The molecule has 13 heavy (non-hydrogen) atoms. The highest BCUT2D eigenvalue weighted by atomic mass is 14.8. The number of aromatic nitrogens is 1. The lowest BCUT2D eigenvalue weighted by atomic mass is 10.2. The topological polar surface area (TPSA) is 38.9 Å². The van der Waals surface area contributed by atoms with Gasteiger partial charge >= 0.3 is 0 Å². The van der Waals surface area contributed by atoms with E-state index >= 15 is 0 Å². The van der Waals surface area contributed by atoms with E-state index in [0.717, 1.165) is 18.4 Å². The Morgan fingerprint density at radius 3 is 3.08 bits per heavy atom. The maximum atomic E-state index is 5.51. The molecule has 0 aromatic carbocycles. The maximum absolute atomic E-state index is 5.51. The third-order valence-electron chi connectivity index (χ3n) is 1.67. The van der Waals surface area contributed by atoms with Crippen molar-refractivity contribution in [1.29, 1.82) is 0 Å². The highest BCUT2D eigenvalue weighted by Gasteiger charge is 1.87. The van der Waals surface area contributed by atoms with Crippen molar-refractivity contribution >= 4 is 5.82 Å². The quantitative estimate of drug-likeness (QED) is 0.551. The van der Waals surface area contributed by atoms with Crippen molar-refractivity contribution in [1.82, 2.24) is 4.98 Å². The van der Waals surface area contributed by atoms with Crippen molar-refractivity contribution in [3.05, 3.63) is 23.9 Å². The molecule has 2 nitrogen and oxygen atoms in total. The second kappa shape index (κ2) is 5.21. The summed E-state index contributed by atoms with van der Waals surface area (Å²) < 4.78 is 0. The summed E-state index contributed by atoms with van der Waals surface area (Å²) >= 11 is 0. The second-order valence-electron chi connectivity index (χ2n) is 2.87. The normalized spacial score (nSPS) is 9.00. The third kappa shape index (κ3) is 3.62. The molecule has 2 heteroatoms. The van der Waals surface area contributed by atoms with E-state index in [1.54, 1.807) is 12.3 Å². The lowest BCUT2D eigenvalue weighted by Crippen LogP contribution is -1.88. The van der Waals surface area contributed by atoms with Crippen LogP contribution in [0, 0.1) is 11.8 Å². The first-order valence-corrected chi connectivity index (χ1v) is 4.53. The standard InChI is InChI=1S/C11H14N2/c1-2-3-4-5-6-10-7-8-13-11(12)9-10/h7-9H,2-4H2,1H3,(H2,12,13). The van der Waals surface area contributed by atoms with Gasteiger partial charge in [0.2, 0.25) is 0 Å². The van der Waals surface area contributed by atoms with Gasteiger partial charge < -0.3 is 5.73 Å². The minimum absolute atomic E-state index is 0.530. The summed E-state index contributed by atoms with van der Waals surface area (Å²) in [5.74, 6) is 6.68. The maximum Gasteiger partial charge on any atom is 0.124 e. The minimum atomic E-state index is 0.530. The van der Waals surface area contributed by atoms with E-state index in [1.807, 2.05) is 6.07 Å². The molecule has 0 bridgehead atoms. The molecular weight excluding hydrogens is 160 g/mol. The Kier molecular flexibility index (Phi) is 3.84. The van der Waals surface area contributed by atoms with Gasteiger partial charge in [-0.15, -0.1) is 0 Å². The van der Waals surface area contributed by atoms with Gasteiger partial charge in [0.15, 0.2) is 0 Å². The van der Waals surface area contributed by atoms with Crippen molar-refractivity contribution in [2.45, 2.75) is 26.2 Å². The van der Waals surface area contributed by atoms with Gasteiger partial charge in [0.25, 0.3) is 0 Å². The van der Waals surface area contributed by atoms with Crippen LogP contribution in [0.25, 0.3) is 0 Å². The average Bonchev–Trinajstić information content (AvgIpc) is 2.13. The predicted molar refractivity (Wildman–Crippen MR) is 55.1 cm³/mol. The fourth-order valence-corrected chi connectivity index (χ4v) is 0.956. The van der Waals surface area contributed by atoms with Gasteiger partial charge in [-0.1, -0.05) is 25.2 Å². The zero-order valence-electron chi connectivity index (χ0n) is 7.88. The number of rotatable bonds is 2. The van der Waals surface area contributed by atoms with Crippen molar-refractivity contribution in [2.24, 2.45) is 0 Å². The number of nitrogens with zero attached hydrogens (tertiary/aromatic N) is 1. The summed E-state index contributed by atoms with van der Waals surface area (Å²) in [6.45, 7) is 2.16. The van der Waals surface area contributed by atoms with Crippen LogP contribution in [-0.2, 0) is 0 Å². The molecule has 0 radical (unpaired) electrons. The summed E-state index contributed by atoms with van der Waals surface area (Å²) in [6, 6.07) is 3.66. The van der Waals surface area contributed by atoms with Crippen LogP contribution in [0.1, 0.15) is 31.7 Å². The van der Waals surface area contributed by atoms with Crippen LogP contribution in [0.15, 0.2) is 18.3 Å². The molecule has 0 saturated carbocycles. The molecule has 0 atom stereocenters. The van der Waals surface area contributed by atoms with E-state index in [0.29, 0.717) is 5.82 Å². The second-order valence-corrected chi connectivity index (χ2v) is 2.87. The Hall–Kier alpha value is -1.49. The molecule has 0 amide bonds. The van der Waals surface area contributed by atoms with E-state index in [4.69, 9.17) is 5.73 Å². The number of unbranched alkanes of at least 4 members (excludes halogenated alkanes) is 2. The van der Waals surface area contributed by atoms with Crippen LogP contribution in [0.3, 0.4) is 0 Å². The lowest BCUT2D eigenvalue weighted by molar-refractivity contribution is 0.828. The average molecular weight is 174 g/mol. The van der Waals surface area contributed by atoms with Crippen LogP contribution in [0.5, 0.6) is 0 Å². The summed E-state index contributed by atoms with van der Waals surface area (Å²) in [5, 5.41) is 0. The largest absolute Gasteiger partial charge is 0.384 e. The summed E-state index contributed by atoms with van der Waals surface area (Å²) in [7, 11) is 0. The van der Waals surface area contributed by atoms with E-state index < -0.39 is 0 Å². The zero-order valence-corrected chi connectivity index (χ0v) is 7.88. The molecule has 68 valence electrons. The predicted octanol–water partition coefficient (Wildman–Crippen LogP) is 2.21. The van der Waals surface area contributed by atoms with E-state index in [1.165, 1.54) is 6.42 Å². The van der Waals surface area contributed by atoms with Crippen LogP contribution in [0.2, 0.25) is 0 Å². The Bertz CT molecular complexity index is 320. The van der Waals surface area contributed by atoms with Gasteiger partial charge in [-0.3, -0.25) is 0 Å². The SMILES string of the molecule is CCCCC#Cc1ccnc(N)c1. The monoisotopic (exact) mass is 174 g/mol. The van der Waals surface area contributed by atoms with Gasteiger partial charge in [-0.05, 0) is 18.6 Å². The third-order valence-corrected chi connectivity index (χ3v) is 1.67. The molecule has 0 saturated heterocycles. The van der Waals surface area contributed by atoms with Crippen LogP contribution in [0.4, 0.5) is 5.82 Å². The molecule has 1 rings (SSSR count). The number of nitrogens with two attached hydrogens (primary N) is 1. The zero-order chi connectivity index (χ0) is 9.52. The first-order valence-electron chi connectivity index (χ1n) is 4.53. The van der Waals surface area contributed by atoms with Gasteiger partial charge in [0.1, 0.15) is 5.82 Å². The first kappa shape index (κ1) is 9.60. The smallest absolute Gasteiger partial charge is 0.124 e. The Balaban J connectivity index is 2.56. The van der Waals surface area contributed by atoms with Crippen LogP contribution >= 0.6 is 0 Å². The van der Waals surface area contributed by atoms with Crippen molar-refractivity contribution < 1.29 is 0 Å². The highest BCUT2D eigenvalue weighted by Crippen LogP contribution is 2.01. The van der Waals surface area contributed by atoms with Crippen LogP contribution in [-0.4, -0.2) is 4.98 Å². The van der Waals surface area contributed by atoms with Crippen molar-refractivity contribution in [3.63, 3.8) is 0 Å². The molecule has 0 aliphatic rings. The highest BCUT2D eigenvalue weighted by molar-refractivity contribution is 5.41. The molecular formula is C11H14N2. The minimum Gasteiger partial charge on any atom is -0.384 e. The Morgan fingerprint density at radius 2 is 2.38 bits per heavy atom. The molecule has 0 unspecified atom stereocenters. The summed E-state index contributed by atoms with van der Waals surface area (Å²) in [5.41, 5.74) is 6.46. The van der Waals surface area contributed by atoms with Gasteiger partial charge in [-0.2, -0.15) is 0 Å². The van der Waals surface area contributed by atoms with Crippen molar-refractivity contribution in [3.8, 4) is 11.8 Å². The molecule has 0 aliphatic carbocycles. The van der Waals surface area contributed by atoms with Crippen molar-refractivity contribution in [2.75, 3.05) is 5.73 Å². The molecule has 1 heterocycles. The van der Waals surface area contributed by atoms with Gasteiger partial charge in [0.05, 0.1) is 0 Å². The van der Waals surface area contributed by atoms with Gasteiger partial charge in [0, 0.05) is 18.2 Å². The first-order chi connectivity index (χ1) is 6.33. The fraction of sp³-hybridized carbons (Fsp3) is 0.364. The number of hydrogen-bond acceptors (Lipinski definition) is 2. The summed E-state index contributed by atoms with van der Waals surface area (Å²) in [4.78, 5) is 3.89. The summed E-state index contributed by atoms with van der Waals surface area (Å²) in [6.07, 6.45) is 4.98. The van der Waals surface area contributed by atoms with E-state index in [9.17, 15) is 0 Å². The number of hydrogen-bond donors (Lipinski definition) is 1. The molecule has 0 aliphatic heterocycles. The molecule has 1 aromatic heterocycles. The number of pyridine rings is 1. The molecule has 1 aromatic rings. The fourth-order valence-electron chi connectivity index (χ4n) is 0.956. The molecule has 0 spiro atoms. The van der Waals surface area contributed by atoms with E-state index in [-0.39, 0.29) is 0 Å². The molecule has 2 N–H and O–H groups in total. The number of nitrogen functional groups attached to an aromatic ring is 1. The van der Waals surface area contributed by atoms with Crippen LogP contribution < -0.4 is 5.73 Å².